The maximum atomic E-state index is 12.1. The fourth-order valence-electron chi connectivity index (χ4n) is 2.77. The SMILES string of the molecule is COC(=O)C1(Nc2ccc(OC)cc2)CC(C(C)C)C1. The lowest BCUT2D eigenvalue weighted by atomic mass is 9.64. The summed E-state index contributed by atoms with van der Waals surface area (Å²) in [5.74, 6) is 1.78. The molecule has 0 spiro atoms. The van der Waals surface area contributed by atoms with E-state index >= 15 is 0 Å². The zero-order valence-corrected chi connectivity index (χ0v) is 12.6. The third-order valence-corrected chi connectivity index (χ3v) is 4.21. The number of hydrogen-bond acceptors (Lipinski definition) is 4. The molecule has 1 saturated carbocycles. The van der Waals surface area contributed by atoms with Gasteiger partial charge in [0.15, 0.2) is 0 Å². The summed E-state index contributed by atoms with van der Waals surface area (Å²) in [6, 6.07) is 7.61. The number of carbonyl (C=O) groups excluding carboxylic acids is 1. The van der Waals surface area contributed by atoms with Gasteiger partial charge in [0, 0.05) is 5.69 Å². The van der Waals surface area contributed by atoms with E-state index in [1.807, 2.05) is 24.3 Å². The summed E-state index contributed by atoms with van der Waals surface area (Å²) in [5.41, 5.74) is 0.344. The highest BCUT2D eigenvalue weighted by Crippen LogP contribution is 2.45. The lowest BCUT2D eigenvalue weighted by Crippen LogP contribution is -2.58. The second kappa shape index (κ2) is 5.73. The molecule has 1 aliphatic rings. The molecule has 2 rings (SSSR count). The van der Waals surface area contributed by atoms with Crippen LogP contribution in [0, 0.1) is 11.8 Å². The zero-order valence-electron chi connectivity index (χ0n) is 12.6. The van der Waals surface area contributed by atoms with E-state index in [4.69, 9.17) is 9.47 Å². The molecule has 1 N–H and O–H groups in total. The van der Waals surface area contributed by atoms with Gasteiger partial charge in [-0.1, -0.05) is 13.8 Å². The van der Waals surface area contributed by atoms with Crippen molar-refractivity contribution in [2.24, 2.45) is 11.8 Å². The van der Waals surface area contributed by atoms with Gasteiger partial charge in [0.1, 0.15) is 11.3 Å². The van der Waals surface area contributed by atoms with Gasteiger partial charge in [-0.25, -0.2) is 4.79 Å². The van der Waals surface area contributed by atoms with E-state index in [1.54, 1.807) is 7.11 Å². The van der Waals surface area contributed by atoms with Gasteiger partial charge in [-0.05, 0) is 48.9 Å². The average molecular weight is 277 g/mol. The third-order valence-electron chi connectivity index (χ3n) is 4.21. The highest BCUT2D eigenvalue weighted by Gasteiger charge is 2.51. The van der Waals surface area contributed by atoms with E-state index in [9.17, 15) is 4.79 Å². The first-order valence-corrected chi connectivity index (χ1v) is 7.01. The molecule has 1 aliphatic carbocycles. The van der Waals surface area contributed by atoms with Crippen LogP contribution in [0.4, 0.5) is 5.69 Å². The Morgan fingerprint density at radius 3 is 2.30 bits per heavy atom. The van der Waals surface area contributed by atoms with Crippen molar-refractivity contribution in [3.05, 3.63) is 24.3 Å². The first kappa shape index (κ1) is 14.7. The van der Waals surface area contributed by atoms with Gasteiger partial charge in [0.2, 0.25) is 0 Å². The van der Waals surface area contributed by atoms with E-state index in [0.717, 1.165) is 24.3 Å². The van der Waals surface area contributed by atoms with Crippen molar-refractivity contribution < 1.29 is 14.3 Å². The number of esters is 1. The van der Waals surface area contributed by atoms with E-state index in [0.29, 0.717) is 11.8 Å². The molecule has 0 amide bonds. The highest BCUT2D eigenvalue weighted by molar-refractivity contribution is 5.86. The number of carbonyl (C=O) groups is 1. The summed E-state index contributed by atoms with van der Waals surface area (Å²) in [5, 5.41) is 3.35. The predicted octanol–water partition coefficient (Wildman–Crippen LogP) is 3.08. The molecule has 0 radical (unpaired) electrons. The number of nitrogens with one attached hydrogen (secondary N) is 1. The molecule has 0 bridgehead atoms. The van der Waals surface area contributed by atoms with Gasteiger partial charge in [-0.3, -0.25) is 0 Å². The molecule has 0 atom stereocenters. The summed E-state index contributed by atoms with van der Waals surface area (Å²) in [4.78, 5) is 12.1. The number of benzene rings is 1. The van der Waals surface area contributed by atoms with Gasteiger partial charge in [0.25, 0.3) is 0 Å². The van der Waals surface area contributed by atoms with Crippen LogP contribution in [0.2, 0.25) is 0 Å². The molecule has 20 heavy (non-hydrogen) atoms. The van der Waals surface area contributed by atoms with E-state index in [-0.39, 0.29) is 5.97 Å². The maximum absolute atomic E-state index is 12.1. The van der Waals surface area contributed by atoms with Crippen LogP contribution in [0.1, 0.15) is 26.7 Å². The lowest BCUT2D eigenvalue weighted by molar-refractivity contribution is -0.151. The molecule has 1 aromatic rings. The minimum atomic E-state index is -0.571. The number of methoxy groups -OCH3 is 2. The van der Waals surface area contributed by atoms with Crippen molar-refractivity contribution in [2.75, 3.05) is 19.5 Å². The van der Waals surface area contributed by atoms with Crippen molar-refractivity contribution in [2.45, 2.75) is 32.2 Å². The normalized spacial score (nSPS) is 24.9. The molecule has 0 unspecified atom stereocenters. The van der Waals surface area contributed by atoms with E-state index in [2.05, 4.69) is 19.2 Å². The van der Waals surface area contributed by atoms with Crippen LogP contribution in [0.3, 0.4) is 0 Å². The first-order chi connectivity index (χ1) is 9.50. The maximum Gasteiger partial charge on any atom is 0.331 e. The topological polar surface area (TPSA) is 47.6 Å². The fourth-order valence-corrected chi connectivity index (χ4v) is 2.77. The number of anilines is 1. The van der Waals surface area contributed by atoms with Crippen LogP contribution in [0.25, 0.3) is 0 Å². The molecule has 0 aliphatic heterocycles. The van der Waals surface area contributed by atoms with Gasteiger partial charge < -0.3 is 14.8 Å². The van der Waals surface area contributed by atoms with Crippen LogP contribution >= 0.6 is 0 Å². The smallest absolute Gasteiger partial charge is 0.331 e. The Morgan fingerprint density at radius 2 is 1.85 bits per heavy atom. The number of ether oxygens (including phenoxy) is 2. The van der Waals surface area contributed by atoms with Crippen LogP contribution in [-0.4, -0.2) is 25.7 Å². The summed E-state index contributed by atoms with van der Waals surface area (Å²) in [6.45, 7) is 4.39. The number of rotatable bonds is 5. The highest BCUT2D eigenvalue weighted by atomic mass is 16.5. The Bertz CT molecular complexity index is 461. The van der Waals surface area contributed by atoms with Crippen LogP contribution in [0.5, 0.6) is 5.75 Å². The molecule has 1 fully saturated rings. The molecule has 0 heterocycles. The van der Waals surface area contributed by atoms with Crippen molar-refractivity contribution >= 4 is 11.7 Å². The second-order valence-electron chi connectivity index (χ2n) is 5.84. The Balaban J connectivity index is 2.11. The van der Waals surface area contributed by atoms with Crippen LogP contribution < -0.4 is 10.1 Å². The number of hydrogen-bond donors (Lipinski definition) is 1. The molecule has 0 saturated heterocycles. The Kier molecular flexibility index (Phi) is 4.21. The summed E-state index contributed by atoms with van der Waals surface area (Å²) in [7, 11) is 3.08. The van der Waals surface area contributed by atoms with Gasteiger partial charge in [-0.15, -0.1) is 0 Å². The predicted molar refractivity (Wildman–Crippen MR) is 78.9 cm³/mol. The van der Waals surface area contributed by atoms with E-state index in [1.165, 1.54) is 7.11 Å². The molecule has 1 aromatic carbocycles. The average Bonchev–Trinajstić information content (AvgIpc) is 2.41. The first-order valence-electron chi connectivity index (χ1n) is 7.01. The summed E-state index contributed by atoms with van der Waals surface area (Å²) in [6.07, 6.45) is 1.65. The van der Waals surface area contributed by atoms with Crippen molar-refractivity contribution in [1.29, 1.82) is 0 Å². The fraction of sp³-hybridized carbons (Fsp3) is 0.562. The lowest BCUT2D eigenvalue weighted by Gasteiger charge is -2.48. The summed E-state index contributed by atoms with van der Waals surface area (Å²) < 4.78 is 10.1. The van der Waals surface area contributed by atoms with Crippen molar-refractivity contribution in [3.63, 3.8) is 0 Å². The van der Waals surface area contributed by atoms with Gasteiger partial charge >= 0.3 is 5.97 Å². The van der Waals surface area contributed by atoms with Gasteiger partial charge in [-0.2, -0.15) is 0 Å². The van der Waals surface area contributed by atoms with Gasteiger partial charge in [0.05, 0.1) is 14.2 Å². The minimum Gasteiger partial charge on any atom is -0.497 e. The molecule has 4 heteroatoms. The Hall–Kier alpha value is -1.71. The molecule has 0 aromatic heterocycles. The van der Waals surface area contributed by atoms with Crippen molar-refractivity contribution in [1.82, 2.24) is 0 Å². The second-order valence-corrected chi connectivity index (χ2v) is 5.84. The van der Waals surface area contributed by atoms with Crippen molar-refractivity contribution in [3.8, 4) is 5.75 Å². The quantitative estimate of drug-likeness (QED) is 0.840. The summed E-state index contributed by atoms with van der Waals surface area (Å²) >= 11 is 0. The molecular weight excluding hydrogens is 254 g/mol. The largest absolute Gasteiger partial charge is 0.497 e. The third kappa shape index (κ3) is 2.74. The van der Waals surface area contributed by atoms with Crippen LogP contribution in [0.15, 0.2) is 24.3 Å². The van der Waals surface area contributed by atoms with E-state index < -0.39 is 5.54 Å². The minimum absolute atomic E-state index is 0.176. The Labute approximate surface area is 120 Å². The zero-order chi connectivity index (χ0) is 14.8. The molecular formula is C16H23NO3. The Morgan fingerprint density at radius 1 is 1.25 bits per heavy atom. The van der Waals surface area contributed by atoms with Crippen LogP contribution in [-0.2, 0) is 9.53 Å². The molecule has 4 nitrogen and oxygen atoms in total. The standard InChI is InChI=1S/C16H23NO3/c1-11(2)12-9-16(10-12,15(18)20-4)17-13-5-7-14(19-3)8-6-13/h5-8,11-12,17H,9-10H2,1-4H3. The monoisotopic (exact) mass is 277 g/mol. The molecule has 110 valence electrons.